The molecule has 1 atom stereocenters. The predicted octanol–water partition coefficient (Wildman–Crippen LogP) is 4.75. The monoisotopic (exact) mass is 433 g/mol. The Kier molecular flexibility index (Phi) is 6.13. The molecule has 0 aliphatic rings. The fraction of sp³-hybridized carbons (Fsp3) is 0.292. The lowest BCUT2D eigenvalue weighted by molar-refractivity contribution is -0.115. The van der Waals surface area contributed by atoms with E-state index in [-0.39, 0.29) is 11.2 Å². The van der Waals surface area contributed by atoms with Gasteiger partial charge in [0.05, 0.1) is 33.4 Å². The number of thioether (sulfide) groups is 1. The largest absolute Gasteiger partial charge is 0.322 e. The number of para-hydroxylation sites is 2. The molecule has 0 aliphatic heterocycles. The average molecular weight is 434 g/mol. The highest BCUT2D eigenvalue weighted by Crippen LogP contribution is 2.29. The van der Waals surface area contributed by atoms with E-state index in [0.29, 0.717) is 0 Å². The van der Waals surface area contributed by atoms with E-state index in [9.17, 15) is 4.79 Å². The molecule has 160 valence electrons. The maximum Gasteiger partial charge on any atom is 0.237 e. The van der Waals surface area contributed by atoms with Crippen molar-refractivity contribution in [2.24, 2.45) is 7.05 Å². The van der Waals surface area contributed by atoms with Crippen molar-refractivity contribution in [3.63, 3.8) is 0 Å². The zero-order valence-corrected chi connectivity index (χ0v) is 19.1. The zero-order valence-electron chi connectivity index (χ0n) is 18.3. The standard InChI is InChI=1S/C24H27N5OS/c1-16-22(17(2)28(4)27-16)26-23(30)18(3)31-24-25-20-12-8-9-13-21(20)29(24)15-14-19-10-6-5-7-11-19/h5-13,18H,14-15H2,1-4H3,(H,26,30)/t18-/m0/s1. The first-order valence-electron chi connectivity index (χ1n) is 10.4. The summed E-state index contributed by atoms with van der Waals surface area (Å²) in [6, 6.07) is 18.6. The smallest absolute Gasteiger partial charge is 0.237 e. The summed E-state index contributed by atoms with van der Waals surface area (Å²) in [6.07, 6.45) is 0.906. The van der Waals surface area contributed by atoms with Gasteiger partial charge in [0.1, 0.15) is 0 Å². The second-order valence-electron chi connectivity index (χ2n) is 7.69. The molecule has 7 heteroatoms. The number of aromatic nitrogens is 4. The van der Waals surface area contributed by atoms with E-state index in [2.05, 4.69) is 45.3 Å². The first-order valence-corrected chi connectivity index (χ1v) is 11.3. The summed E-state index contributed by atoms with van der Waals surface area (Å²) in [7, 11) is 1.88. The number of nitrogens with zero attached hydrogens (tertiary/aromatic N) is 4. The van der Waals surface area contributed by atoms with Crippen LogP contribution in [0.3, 0.4) is 0 Å². The molecule has 4 aromatic rings. The van der Waals surface area contributed by atoms with E-state index < -0.39 is 0 Å². The molecule has 4 rings (SSSR count). The van der Waals surface area contributed by atoms with Crippen LogP contribution in [0, 0.1) is 13.8 Å². The predicted molar refractivity (Wildman–Crippen MR) is 127 cm³/mol. The Hall–Kier alpha value is -3.06. The summed E-state index contributed by atoms with van der Waals surface area (Å²) < 4.78 is 4.00. The minimum absolute atomic E-state index is 0.0501. The minimum Gasteiger partial charge on any atom is -0.322 e. The third-order valence-electron chi connectivity index (χ3n) is 5.50. The van der Waals surface area contributed by atoms with E-state index in [1.165, 1.54) is 17.3 Å². The van der Waals surface area contributed by atoms with Gasteiger partial charge in [0.15, 0.2) is 5.16 Å². The molecule has 0 aliphatic carbocycles. The number of rotatable bonds is 7. The van der Waals surface area contributed by atoms with Crippen molar-refractivity contribution in [3.8, 4) is 0 Å². The van der Waals surface area contributed by atoms with Crippen molar-refractivity contribution in [1.82, 2.24) is 19.3 Å². The lowest BCUT2D eigenvalue weighted by atomic mass is 10.1. The first-order chi connectivity index (χ1) is 14.9. The number of anilines is 1. The Morgan fingerprint density at radius 1 is 1.10 bits per heavy atom. The highest BCUT2D eigenvalue weighted by molar-refractivity contribution is 8.00. The van der Waals surface area contributed by atoms with Crippen LogP contribution in [-0.4, -0.2) is 30.5 Å². The van der Waals surface area contributed by atoms with Crippen LogP contribution in [0.5, 0.6) is 0 Å². The molecule has 2 aromatic carbocycles. The van der Waals surface area contributed by atoms with Crippen molar-refractivity contribution in [1.29, 1.82) is 0 Å². The van der Waals surface area contributed by atoms with Crippen molar-refractivity contribution in [3.05, 3.63) is 71.5 Å². The van der Waals surface area contributed by atoms with Gasteiger partial charge in [-0.25, -0.2) is 4.98 Å². The van der Waals surface area contributed by atoms with Gasteiger partial charge in [0, 0.05) is 13.6 Å². The Labute approximate surface area is 186 Å². The van der Waals surface area contributed by atoms with Crippen molar-refractivity contribution < 1.29 is 4.79 Å². The van der Waals surface area contributed by atoms with Crippen molar-refractivity contribution in [2.45, 2.75) is 44.1 Å². The van der Waals surface area contributed by atoms with Crippen molar-refractivity contribution in [2.75, 3.05) is 5.32 Å². The number of fused-ring (bicyclic) bond motifs is 1. The summed E-state index contributed by atoms with van der Waals surface area (Å²) in [4.78, 5) is 17.8. The Morgan fingerprint density at radius 2 is 1.81 bits per heavy atom. The number of amides is 1. The van der Waals surface area contributed by atoms with Crippen LogP contribution in [0.1, 0.15) is 23.9 Å². The molecular formula is C24H27N5OS. The van der Waals surface area contributed by atoms with E-state index in [4.69, 9.17) is 4.98 Å². The van der Waals surface area contributed by atoms with Gasteiger partial charge >= 0.3 is 0 Å². The number of carbonyl (C=O) groups excluding carboxylic acids is 1. The lowest BCUT2D eigenvalue weighted by Crippen LogP contribution is -2.23. The van der Waals surface area contributed by atoms with Crippen LogP contribution in [0.2, 0.25) is 0 Å². The van der Waals surface area contributed by atoms with Crippen LogP contribution in [0.15, 0.2) is 59.8 Å². The van der Waals surface area contributed by atoms with Gasteiger partial charge in [-0.2, -0.15) is 5.10 Å². The SMILES string of the molecule is Cc1nn(C)c(C)c1NC(=O)[C@H](C)Sc1nc2ccccc2n1CCc1ccccc1. The number of imidazole rings is 1. The fourth-order valence-electron chi connectivity index (χ4n) is 3.64. The molecule has 0 saturated heterocycles. The average Bonchev–Trinajstić information content (AvgIpc) is 3.23. The Bertz CT molecular complexity index is 1210. The van der Waals surface area contributed by atoms with Crippen molar-refractivity contribution >= 4 is 34.4 Å². The third kappa shape index (κ3) is 4.51. The highest BCUT2D eigenvalue weighted by atomic mass is 32.2. The highest BCUT2D eigenvalue weighted by Gasteiger charge is 2.21. The van der Waals surface area contributed by atoms with Crippen LogP contribution in [-0.2, 0) is 24.8 Å². The second kappa shape index (κ2) is 8.98. The summed E-state index contributed by atoms with van der Waals surface area (Å²) in [5.41, 5.74) is 5.87. The molecule has 2 heterocycles. The summed E-state index contributed by atoms with van der Waals surface area (Å²) >= 11 is 1.49. The second-order valence-corrected chi connectivity index (χ2v) is 9.00. The van der Waals surface area contributed by atoms with Crippen LogP contribution < -0.4 is 5.32 Å². The quantitative estimate of drug-likeness (QED) is 0.427. The topological polar surface area (TPSA) is 64.7 Å². The maximum atomic E-state index is 12.9. The number of hydrogen-bond donors (Lipinski definition) is 1. The summed E-state index contributed by atoms with van der Waals surface area (Å²) in [5, 5.41) is 7.99. The van der Waals surface area contributed by atoms with E-state index in [1.54, 1.807) is 4.68 Å². The molecule has 0 radical (unpaired) electrons. The Morgan fingerprint density at radius 3 is 2.52 bits per heavy atom. The summed E-state index contributed by atoms with van der Waals surface area (Å²) in [6.45, 7) is 6.59. The molecule has 0 saturated carbocycles. The molecule has 2 aromatic heterocycles. The fourth-order valence-corrected chi connectivity index (χ4v) is 4.59. The maximum absolute atomic E-state index is 12.9. The van der Waals surface area contributed by atoms with Gasteiger partial charge in [0.25, 0.3) is 0 Å². The molecule has 0 unspecified atom stereocenters. The molecule has 0 spiro atoms. The van der Waals surface area contributed by atoms with Crippen LogP contribution >= 0.6 is 11.8 Å². The lowest BCUT2D eigenvalue weighted by Gasteiger charge is -2.14. The number of benzene rings is 2. The third-order valence-corrected chi connectivity index (χ3v) is 6.59. The van der Waals surface area contributed by atoms with Gasteiger partial charge in [-0.3, -0.25) is 9.48 Å². The van der Waals surface area contributed by atoms with Crippen LogP contribution in [0.4, 0.5) is 5.69 Å². The molecule has 31 heavy (non-hydrogen) atoms. The first kappa shape index (κ1) is 21.2. The van der Waals surface area contributed by atoms with Gasteiger partial charge in [0.2, 0.25) is 5.91 Å². The van der Waals surface area contributed by atoms with E-state index in [0.717, 1.165) is 46.2 Å². The van der Waals surface area contributed by atoms with E-state index >= 15 is 0 Å². The normalized spacial score (nSPS) is 12.3. The number of carbonyl (C=O) groups is 1. The molecule has 1 amide bonds. The number of aryl methyl sites for hydroxylation is 4. The van der Waals surface area contributed by atoms with Gasteiger partial charge in [-0.1, -0.05) is 54.2 Å². The number of hydrogen-bond acceptors (Lipinski definition) is 4. The summed E-state index contributed by atoms with van der Waals surface area (Å²) in [5.74, 6) is -0.0501. The van der Waals surface area contributed by atoms with Gasteiger partial charge in [-0.05, 0) is 44.9 Å². The van der Waals surface area contributed by atoms with E-state index in [1.807, 2.05) is 52.1 Å². The molecule has 1 N–H and O–H groups in total. The minimum atomic E-state index is -0.300. The molecular weight excluding hydrogens is 406 g/mol. The number of nitrogens with one attached hydrogen (secondary N) is 1. The molecule has 0 fully saturated rings. The molecule has 6 nitrogen and oxygen atoms in total. The Balaban J connectivity index is 1.55. The molecule has 0 bridgehead atoms. The van der Waals surface area contributed by atoms with Gasteiger partial charge < -0.3 is 9.88 Å². The van der Waals surface area contributed by atoms with Crippen LogP contribution in [0.25, 0.3) is 11.0 Å². The van der Waals surface area contributed by atoms with Gasteiger partial charge in [-0.15, -0.1) is 0 Å². The zero-order chi connectivity index (χ0) is 22.0.